The van der Waals surface area contributed by atoms with Crippen molar-refractivity contribution in [1.29, 1.82) is 0 Å². The summed E-state index contributed by atoms with van der Waals surface area (Å²) in [6.07, 6.45) is -0.250. The van der Waals surface area contributed by atoms with Gasteiger partial charge in [0, 0.05) is 32.6 Å². The molecule has 2 N–H and O–H groups in total. The Kier molecular flexibility index (Phi) is 8.86. The topological polar surface area (TPSA) is 84.5 Å². The van der Waals surface area contributed by atoms with Gasteiger partial charge in [0.2, 0.25) is 5.91 Å². The van der Waals surface area contributed by atoms with Crippen molar-refractivity contribution in [3.8, 4) is 0 Å². The molecule has 9 heteroatoms. The van der Waals surface area contributed by atoms with Crippen LogP contribution in [0.25, 0.3) is 0 Å². The van der Waals surface area contributed by atoms with E-state index in [9.17, 15) is 18.8 Å². The molecular formula is C24H20ClFN2O4S. The molecule has 0 aliphatic rings. The summed E-state index contributed by atoms with van der Waals surface area (Å²) in [6.45, 7) is -0.495. The Bertz CT molecular complexity index is 1110. The molecule has 33 heavy (non-hydrogen) atoms. The van der Waals surface area contributed by atoms with Gasteiger partial charge in [0.15, 0.2) is 6.61 Å². The van der Waals surface area contributed by atoms with Crippen molar-refractivity contribution in [3.05, 3.63) is 83.6 Å². The Labute approximate surface area is 199 Å². The lowest BCUT2D eigenvalue weighted by Crippen LogP contribution is -2.21. The number of esters is 1. The number of amides is 2. The first kappa shape index (κ1) is 24.3. The van der Waals surface area contributed by atoms with Gasteiger partial charge in [-0.15, -0.1) is 0 Å². The van der Waals surface area contributed by atoms with E-state index in [-0.39, 0.29) is 18.7 Å². The highest BCUT2D eigenvalue weighted by atomic mass is 35.5. The van der Waals surface area contributed by atoms with Crippen molar-refractivity contribution in [3.63, 3.8) is 0 Å². The zero-order valence-corrected chi connectivity index (χ0v) is 18.9. The molecule has 0 bridgehead atoms. The number of carbonyl (C=O) groups excluding carboxylic acids is 3. The average Bonchev–Trinajstić information content (AvgIpc) is 2.80. The maximum atomic E-state index is 12.9. The summed E-state index contributed by atoms with van der Waals surface area (Å²) in [6, 6.07) is 20.0. The number of halogens is 2. The Morgan fingerprint density at radius 1 is 0.758 bits per heavy atom. The van der Waals surface area contributed by atoms with Gasteiger partial charge in [0.05, 0.1) is 6.42 Å². The molecule has 0 saturated carbocycles. The summed E-state index contributed by atoms with van der Waals surface area (Å²) in [7, 11) is 0. The van der Waals surface area contributed by atoms with Gasteiger partial charge in [-0.2, -0.15) is 0 Å². The number of carbonyl (C=O) groups is 3. The summed E-state index contributed by atoms with van der Waals surface area (Å²) in [5.41, 5.74) is 0.988. The van der Waals surface area contributed by atoms with Crippen LogP contribution in [0.2, 0.25) is 5.02 Å². The van der Waals surface area contributed by atoms with E-state index in [0.717, 1.165) is 9.79 Å². The molecule has 0 unspecified atom stereocenters. The highest BCUT2D eigenvalue weighted by Gasteiger charge is 2.11. The van der Waals surface area contributed by atoms with Crippen LogP contribution in [0.1, 0.15) is 12.8 Å². The fraction of sp³-hybridized carbons (Fsp3) is 0.125. The van der Waals surface area contributed by atoms with Crippen LogP contribution in [0.15, 0.2) is 82.6 Å². The molecule has 0 saturated heterocycles. The Morgan fingerprint density at radius 3 is 1.88 bits per heavy atom. The lowest BCUT2D eigenvalue weighted by molar-refractivity contribution is -0.147. The van der Waals surface area contributed by atoms with Gasteiger partial charge < -0.3 is 15.4 Å². The predicted molar refractivity (Wildman–Crippen MR) is 126 cm³/mol. The number of hydrogen-bond acceptors (Lipinski definition) is 5. The third-order valence-corrected chi connectivity index (χ3v) is 5.50. The van der Waals surface area contributed by atoms with E-state index >= 15 is 0 Å². The fourth-order valence-electron chi connectivity index (χ4n) is 2.63. The van der Waals surface area contributed by atoms with E-state index in [4.69, 9.17) is 16.3 Å². The van der Waals surface area contributed by atoms with Crippen molar-refractivity contribution in [1.82, 2.24) is 0 Å². The maximum absolute atomic E-state index is 12.9. The van der Waals surface area contributed by atoms with Gasteiger partial charge in [-0.3, -0.25) is 14.4 Å². The van der Waals surface area contributed by atoms with Crippen molar-refractivity contribution in [2.24, 2.45) is 0 Å². The van der Waals surface area contributed by atoms with Crippen molar-refractivity contribution < 1.29 is 23.5 Å². The summed E-state index contributed by atoms with van der Waals surface area (Å²) < 4.78 is 17.7. The predicted octanol–water partition coefficient (Wildman–Crippen LogP) is 5.53. The molecule has 0 radical (unpaired) electrons. The molecule has 0 aliphatic heterocycles. The van der Waals surface area contributed by atoms with Crippen LogP contribution < -0.4 is 10.6 Å². The second-order valence-electron chi connectivity index (χ2n) is 6.84. The summed E-state index contributed by atoms with van der Waals surface area (Å²) >= 11 is 7.45. The lowest BCUT2D eigenvalue weighted by atomic mass is 10.2. The van der Waals surface area contributed by atoms with E-state index in [1.807, 2.05) is 36.4 Å². The molecule has 3 aromatic rings. The number of ether oxygens (including phenoxy) is 1. The minimum atomic E-state index is -0.672. The van der Waals surface area contributed by atoms with Crippen molar-refractivity contribution >= 4 is 52.5 Å². The minimum Gasteiger partial charge on any atom is -0.456 e. The maximum Gasteiger partial charge on any atom is 0.306 e. The summed E-state index contributed by atoms with van der Waals surface area (Å²) in [5.74, 6) is -2.00. The van der Waals surface area contributed by atoms with Crippen LogP contribution in [0.3, 0.4) is 0 Å². The van der Waals surface area contributed by atoms with Crippen molar-refractivity contribution in [2.45, 2.75) is 22.6 Å². The Balaban J connectivity index is 1.36. The molecule has 6 nitrogen and oxygen atoms in total. The Morgan fingerprint density at radius 2 is 1.27 bits per heavy atom. The van der Waals surface area contributed by atoms with Crippen LogP contribution >= 0.6 is 23.4 Å². The third-order valence-electron chi connectivity index (χ3n) is 4.24. The quantitative estimate of drug-likeness (QED) is 0.388. The number of hydrogen-bond donors (Lipinski definition) is 2. The van der Waals surface area contributed by atoms with Crippen LogP contribution in [-0.2, 0) is 19.1 Å². The third kappa shape index (κ3) is 8.59. The van der Waals surface area contributed by atoms with Gasteiger partial charge in [-0.05, 0) is 72.8 Å². The lowest BCUT2D eigenvalue weighted by Gasteiger charge is -2.08. The van der Waals surface area contributed by atoms with E-state index in [0.29, 0.717) is 16.4 Å². The van der Waals surface area contributed by atoms with Gasteiger partial charge in [-0.1, -0.05) is 23.4 Å². The smallest absolute Gasteiger partial charge is 0.306 e. The van der Waals surface area contributed by atoms with Crippen LogP contribution in [0.5, 0.6) is 0 Å². The fourth-order valence-corrected chi connectivity index (χ4v) is 3.58. The summed E-state index contributed by atoms with van der Waals surface area (Å²) in [5, 5.41) is 5.86. The van der Waals surface area contributed by atoms with Gasteiger partial charge in [-0.25, -0.2) is 4.39 Å². The van der Waals surface area contributed by atoms with Gasteiger partial charge in [0.1, 0.15) is 5.82 Å². The average molecular weight is 487 g/mol. The zero-order valence-electron chi connectivity index (χ0n) is 17.3. The normalized spacial score (nSPS) is 10.4. The second-order valence-corrected chi connectivity index (χ2v) is 8.43. The number of nitrogens with one attached hydrogen (secondary N) is 2. The molecule has 3 rings (SSSR count). The first-order chi connectivity index (χ1) is 15.9. The van der Waals surface area contributed by atoms with Crippen LogP contribution in [-0.4, -0.2) is 24.4 Å². The van der Waals surface area contributed by atoms with Crippen molar-refractivity contribution in [2.75, 3.05) is 17.2 Å². The molecule has 0 aliphatic carbocycles. The van der Waals surface area contributed by atoms with E-state index in [2.05, 4.69) is 10.6 Å². The molecule has 0 spiro atoms. The summed E-state index contributed by atoms with van der Waals surface area (Å²) in [4.78, 5) is 37.7. The van der Waals surface area contributed by atoms with Gasteiger partial charge in [0.25, 0.3) is 5.91 Å². The second kappa shape index (κ2) is 12.0. The number of rotatable bonds is 9. The van der Waals surface area contributed by atoms with Crippen LogP contribution in [0.4, 0.5) is 15.8 Å². The SMILES string of the molecule is O=C(CCC(=O)OCC(=O)Nc1ccc(F)cc1)Nc1ccc(Sc2ccc(Cl)cc2)cc1. The van der Waals surface area contributed by atoms with Crippen LogP contribution in [0, 0.1) is 5.82 Å². The largest absolute Gasteiger partial charge is 0.456 e. The molecule has 0 atom stereocenters. The zero-order chi connectivity index (χ0) is 23.6. The molecule has 0 heterocycles. The molecule has 3 aromatic carbocycles. The highest BCUT2D eigenvalue weighted by molar-refractivity contribution is 7.99. The monoisotopic (exact) mass is 486 g/mol. The van der Waals surface area contributed by atoms with E-state index < -0.39 is 24.3 Å². The van der Waals surface area contributed by atoms with Gasteiger partial charge >= 0.3 is 5.97 Å². The first-order valence-electron chi connectivity index (χ1n) is 9.92. The molecule has 0 aromatic heterocycles. The minimum absolute atomic E-state index is 0.0836. The molecule has 2 amide bonds. The highest BCUT2D eigenvalue weighted by Crippen LogP contribution is 2.29. The first-order valence-corrected chi connectivity index (χ1v) is 11.1. The molecule has 0 fully saturated rings. The standard InChI is InChI=1S/C24H20ClFN2O4S/c25-16-1-9-20(10-2-16)33-21-11-7-19(8-12-21)27-22(29)13-14-24(31)32-15-23(30)28-18-5-3-17(26)4-6-18/h1-12H,13-15H2,(H,27,29)(H,28,30). The van der Waals surface area contributed by atoms with E-state index in [1.165, 1.54) is 24.3 Å². The number of benzene rings is 3. The van der Waals surface area contributed by atoms with E-state index in [1.54, 1.807) is 23.9 Å². The molecular weight excluding hydrogens is 467 g/mol. The molecule has 170 valence electrons. The number of anilines is 2. The Hall–Kier alpha value is -3.36.